The first-order valence-electron chi connectivity index (χ1n) is 8.02. The topological polar surface area (TPSA) is 20.3 Å². The van der Waals surface area contributed by atoms with E-state index in [-0.39, 0.29) is 5.41 Å². The van der Waals surface area contributed by atoms with Gasteiger partial charge in [-0.1, -0.05) is 22.9 Å². The lowest BCUT2D eigenvalue weighted by Crippen LogP contribution is -2.55. The molecule has 0 unspecified atom stereocenters. The van der Waals surface area contributed by atoms with Gasteiger partial charge in [0.1, 0.15) is 0 Å². The standard InChI is InChI=1S/C16H26BrNO/c1-2-4-18(5-3-17)15(19)16-9-12-6-13(10-16)8-14(7-12)11-16/h12-14H,2-11H2,1H3. The smallest absolute Gasteiger partial charge is 0.228 e. The number of nitrogens with zero attached hydrogens (tertiary/aromatic N) is 1. The largest absolute Gasteiger partial charge is 0.341 e. The molecule has 0 atom stereocenters. The molecule has 0 aliphatic heterocycles. The van der Waals surface area contributed by atoms with Gasteiger partial charge in [-0.25, -0.2) is 0 Å². The summed E-state index contributed by atoms with van der Waals surface area (Å²) in [5, 5.41) is 0.908. The summed E-state index contributed by atoms with van der Waals surface area (Å²) in [5.74, 6) is 3.08. The molecule has 4 rings (SSSR count). The maximum absolute atomic E-state index is 13.1. The predicted octanol–water partition coefficient (Wildman–Crippen LogP) is 3.84. The summed E-state index contributed by atoms with van der Waals surface area (Å²) in [6.07, 6.45) is 8.91. The third-order valence-corrected chi connectivity index (χ3v) is 5.98. The molecule has 0 aromatic rings. The van der Waals surface area contributed by atoms with E-state index in [1.807, 2.05) is 0 Å². The van der Waals surface area contributed by atoms with Crippen LogP contribution in [0.25, 0.3) is 0 Å². The Hall–Kier alpha value is -0.0500. The van der Waals surface area contributed by atoms with E-state index < -0.39 is 0 Å². The van der Waals surface area contributed by atoms with Gasteiger partial charge in [0.25, 0.3) is 0 Å². The molecule has 1 amide bonds. The molecule has 4 bridgehead atoms. The van der Waals surface area contributed by atoms with Crippen LogP contribution in [0.15, 0.2) is 0 Å². The average molecular weight is 328 g/mol. The Morgan fingerprint density at radius 2 is 1.63 bits per heavy atom. The van der Waals surface area contributed by atoms with Gasteiger partial charge in [-0.2, -0.15) is 0 Å². The minimum atomic E-state index is 0.0477. The third-order valence-electron chi connectivity index (χ3n) is 5.63. The van der Waals surface area contributed by atoms with E-state index in [1.54, 1.807) is 0 Å². The van der Waals surface area contributed by atoms with Crippen molar-refractivity contribution in [1.82, 2.24) is 4.90 Å². The van der Waals surface area contributed by atoms with E-state index in [9.17, 15) is 4.79 Å². The molecule has 0 aromatic heterocycles. The van der Waals surface area contributed by atoms with Crippen LogP contribution in [-0.4, -0.2) is 29.2 Å². The highest BCUT2D eigenvalue weighted by Crippen LogP contribution is 2.60. The van der Waals surface area contributed by atoms with E-state index >= 15 is 0 Å². The van der Waals surface area contributed by atoms with E-state index in [0.717, 1.165) is 42.6 Å². The number of alkyl halides is 1. The van der Waals surface area contributed by atoms with E-state index in [2.05, 4.69) is 27.8 Å². The molecule has 4 aliphatic carbocycles. The second kappa shape index (κ2) is 5.38. The Morgan fingerprint density at radius 3 is 2.05 bits per heavy atom. The molecule has 4 saturated carbocycles. The van der Waals surface area contributed by atoms with Crippen LogP contribution >= 0.6 is 15.9 Å². The number of rotatable bonds is 5. The Morgan fingerprint density at radius 1 is 1.11 bits per heavy atom. The number of hydrogen-bond donors (Lipinski definition) is 0. The fraction of sp³-hybridized carbons (Fsp3) is 0.938. The molecule has 0 aromatic carbocycles. The zero-order chi connectivity index (χ0) is 13.5. The normalized spacial score (nSPS) is 39.6. The van der Waals surface area contributed by atoms with Crippen molar-refractivity contribution in [1.29, 1.82) is 0 Å². The third kappa shape index (κ3) is 2.48. The lowest BCUT2D eigenvalue weighted by Gasteiger charge is -2.56. The van der Waals surface area contributed by atoms with Gasteiger partial charge in [0.2, 0.25) is 5.91 Å². The predicted molar refractivity (Wildman–Crippen MR) is 81.3 cm³/mol. The van der Waals surface area contributed by atoms with Gasteiger partial charge in [0.15, 0.2) is 0 Å². The Kier molecular flexibility index (Phi) is 3.94. The maximum atomic E-state index is 13.1. The van der Waals surface area contributed by atoms with Gasteiger partial charge in [0.05, 0.1) is 5.41 Å². The molecular formula is C16H26BrNO. The van der Waals surface area contributed by atoms with Crippen LogP contribution < -0.4 is 0 Å². The molecule has 108 valence electrons. The highest BCUT2D eigenvalue weighted by molar-refractivity contribution is 9.09. The molecule has 0 heterocycles. The van der Waals surface area contributed by atoms with Gasteiger partial charge in [-0.05, 0) is 62.7 Å². The van der Waals surface area contributed by atoms with Crippen molar-refractivity contribution in [2.24, 2.45) is 23.2 Å². The number of carbonyl (C=O) groups excluding carboxylic acids is 1. The second-order valence-corrected chi connectivity index (χ2v) is 7.97. The summed E-state index contributed by atoms with van der Waals surface area (Å²) in [4.78, 5) is 15.2. The molecule has 0 radical (unpaired) electrons. The van der Waals surface area contributed by atoms with Crippen LogP contribution in [0, 0.1) is 23.2 Å². The van der Waals surface area contributed by atoms with Gasteiger partial charge in [-0.3, -0.25) is 4.79 Å². The molecule has 19 heavy (non-hydrogen) atoms. The summed E-state index contributed by atoms with van der Waals surface area (Å²) < 4.78 is 0. The number of carbonyl (C=O) groups is 1. The Bertz CT molecular complexity index is 313. The average Bonchev–Trinajstić information content (AvgIpc) is 2.36. The minimum Gasteiger partial charge on any atom is -0.341 e. The summed E-state index contributed by atoms with van der Waals surface area (Å²) in [6.45, 7) is 3.99. The van der Waals surface area contributed by atoms with Crippen molar-refractivity contribution in [2.45, 2.75) is 51.9 Å². The van der Waals surface area contributed by atoms with Crippen molar-refractivity contribution in [3.05, 3.63) is 0 Å². The van der Waals surface area contributed by atoms with Crippen molar-refractivity contribution >= 4 is 21.8 Å². The van der Waals surface area contributed by atoms with Crippen LogP contribution in [0.4, 0.5) is 0 Å². The van der Waals surface area contributed by atoms with Crippen LogP contribution in [0.2, 0.25) is 0 Å². The molecule has 0 saturated heterocycles. The van der Waals surface area contributed by atoms with Crippen LogP contribution in [0.5, 0.6) is 0 Å². The van der Waals surface area contributed by atoms with Crippen molar-refractivity contribution in [3.8, 4) is 0 Å². The lowest BCUT2D eigenvalue weighted by atomic mass is 9.49. The summed E-state index contributed by atoms with van der Waals surface area (Å²) in [5.41, 5.74) is 0.0477. The van der Waals surface area contributed by atoms with Crippen LogP contribution in [0.1, 0.15) is 51.9 Å². The van der Waals surface area contributed by atoms with Crippen molar-refractivity contribution < 1.29 is 4.79 Å². The maximum Gasteiger partial charge on any atom is 0.228 e. The number of halogens is 1. The van der Waals surface area contributed by atoms with Crippen LogP contribution in [-0.2, 0) is 4.79 Å². The van der Waals surface area contributed by atoms with Crippen LogP contribution in [0.3, 0.4) is 0 Å². The minimum absolute atomic E-state index is 0.0477. The zero-order valence-electron chi connectivity index (χ0n) is 12.0. The lowest BCUT2D eigenvalue weighted by molar-refractivity contribution is -0.157. The molecule has 3 heteroatoms. The van der Waals surface area contributed by atoms with E-state index in [4.69, 9.17) is 0 Å². The Labute approximate surface area is 125 Å². The SMILES string of the molecule is CCCN(CCBr)C(=O)C12CC3CC(CC(C3)C1)C2. The van der Waals surface area contributed by atoms with Gasteiger partial charge < -0.3 is 4.90 Å². The molecule has 2 nitrogen and oxygen atoms in total. The summed E-state index contributed by atoms with van der Waals surface area (Å²) >= 11 is 3.50. The first kappa shape index (κ1) is 13.9. The number of amides is 1. The zero-order valence-corrected chi connectivity index (χ0v) is 13.6. The highest BCUT2D eigenvalue weighted by Gasteiger charge is 2.55. The summed E-state index contributed by atoms with van der Waals surface area (Å²) in [7, 11) is 0. The molecule has 0 spiro atoms. The number of hydrogen-bond acceptors (Lipinski definition) is 1. The molecule has 4 aliphatic rings. The van der Waals surface area contributed by atoms with Gasteiger partial charge in [-0.15, -0.1) is 0 Å². The van der Waals surface area contributed by atoms with Crippen molar-refractivity contribution in [2.75, 3.05) is 18.4 Å². The molecule has 0 N–H and O–H groups in total. The second-order valence-electron chi connectivity index (χ2n) is 7.18. The van der Waals surface area contributed by atoms with Crippen molar-refractivity contribution in [3.63, 3.8) is 0 Å². The quantitative estimate of drug-likeness (QED) is 0.702. The first-order valence-corrected chi connectivity index (χ1v) is 9.14. The fourth-order valence-electron chi connectivity index (χ4n) is 5.39. The molecular weight excluding hydrogens is 302 g/mol. The van der Waals surface area contributed by atoms with E-state index in [0.29, 0.717) is 5.91 Å². The van der Waals surface area contributed by atoms with Gasteiger partial charge >= 0.3 is 0 Å². The highest BCUT2D eigenvalue weighted by atomic mass is 79.9. The molecule has 4 fully saturated rings. The Balaban J connectivity index is 1.78. The monoisotopic (exact) mass is 327 g/mol. The first-order chi connectivity index (χ1) is 9.16. The fourth-order valence-corrected chi connectivity index (χ4v) is 5.82. The summed E-state index contributed by atoms with van der Waals surface area (Å²) in [6, 6.07) is 0. The van der Waals surface area contributed by atoms with Gasteiger partial charge in [0, 0.05) is 18.4 Å². The van der Waals surface area contributed by atoms with E-state index in [1.165, 1.54) is 38.5 Å².